The van der Waals surface area contributed by atoms with Crippen LogP contribution in [0, 0.1) is 6.92 Å². The first-order valence-electron chi connectivity index (χ1n) is 6.15. The lowest BCUT2D eigenvalue weighted by molar-refractivity contribution is 0.662. The molecule has 1 aromatic heterocycles. The van der Waals surface area contributed by atoms with Gasteiger partial charge < -0.3 is 5.73 Å². The summed E-state index contributed by atoms with van der Waals surface area (Å²) in [6, 6.07) is 7.78. The number of halogens is 2. The van der Waals surface area contributed by atoms with Crippen LogP contribution in [-0.2, 0) is 19.9 Å². The zero-order valence-corrected chi connectivity index (χ0v) is 12.5. The van der Waals surface area contributed by atoms with Crippen LogP contribution < -0.4 is 5.73 Å². The first-order chi connectivity index (χ1) is 8.97. The fourth-order valence-corrected chi connectivity index (χ4v) is 2.54. The molecule has 0 amide bonds. The summed E-state index contributed by atoms with van der Waals surface area (Å²) in [4.78, 5) is 0. The third kappa shape index (κ3) is 3.50. The monoisotopic (exact) mass is 297 g/mol. The number of nitrogens with two attached hydrogens (primary N) is 1. The first-order valence-corrected chi connectivity index (χ1v) is 6.91. The molecule has 2 aromatic rings. The van der Waals surface area contributed by atoms with E-state index in [0.717, 1.165) is 29.1 Å². The van der Waals surface area contributed by atoms with Crippen molar-refractivity contribution in [3.05, 3.63) is 51.3 Å². The number of nitrogens with zero attached hydrogens (tertiary/aromatic N) is 2. The summed E-state index contributed by atoms with van der Waals surface area (Å²) in [5, 5.41) is 5.70. The van der Waals surface area contributed by atoms with Crippen LogP contribution in [0.5, 0.6) is 0 Å². The van der Waals surface area contributed by atoms with Gasteiger partial charge in [-0.1, -0.05) is 35.3 Å². The third-order valence-electron chi connectivity index (χ3n) is 3.15. The predicted molar refractivity (Wildman–Crippen MR) is 79.8 cm³/mol. The van der Waals surface area contributed by atoms with E-state index in [-0.39, 0.29) is 6.04 Å². The topological polar surface area (TPSA) is 43.8 Å². The van der Waals surface area contributed by atoms with Crippen molar-refractivity contribution in [1.29, 1.82) is 0 Å². The highest BCUT2D eigenvalue weighted by molar-refractivity contribution is 6.30. The average molecular weight is 298 g/mol. The van der Waals surface area contributed by atoms with E-state index in [1.165, 1.54) is 5.56 Å². The first kappa shape index (κ1) is 14.4. The zero-order chi connectivity index (χ0) is 14.0. The van der Waals surface area contributed by atoms with Crippen LogP contribution in [-0.4, -0.2) is 15.8 Å². The normalized spacial score (nSPS) is 12.7. The van der Waals surface area contributed by atoms with Gasteiger partial charge in [0.15, 0.2) is 0 Å². The van der Waals surface area contributed by atoms with Crippen LogP contribution in [0.1, 0.15) is 16.8 Å². The molecule has 19 heavy (non-hydrogen) atoms. The molecule has 0 saturated carbocycles. The number of benzene rings is 1. The van der Waals surface area contributed by atoms with Gasteiger partial charge in [0.1, 0.15) is 5.15 Å². The van der Waals surface area contributed by atoms with Gasteiger partial charge >= 0.3 is 0 Å². The van der Waals surface area contributed by atoms with Crippen molar-refractivity contribution in [3.8, 4) is 0 Å². The molecule has 2 N–H and O–H groups in total. The largest absolute Gasteiger partial charge is 0.327 e. The Kier molecular flexibility index (Phi) is 4.50. The molecule has 0 aliphatic carbocycles. The highest BCUT2D eigenvalue weighted by atomic mass is 35.5. The zero-order valence-electron chi connectivity index (χ0n) is 11.0. The summed E-state index contributed by atoms with van der Waals surface area (Å²) in [6.45, 7) is 1.95. The molecular formula is C14H17Cl2N3. The fraction of sp³-hybridized carbons (Fsp3) is 0.357. The van der Waals surface area contributed by atoms with Crippen LogP contribution in [0.3, 0.4) is 0 Å². The summed E-state index contributed by atoms with van der Waals surface area (Å²) in [5.41, 5.74) is 9.35. The molecule has 2 rings (SSSR count). The van der Waals surface area contributed by atoms with Crippen LogP contribution >= 0.6 is 23.2 Å². The van der Waals surface area contributed by atoms with Crippen LogP contribution in [0.2, 0.25) is 10.2 Å². The molecule has 0 radical (unpaired) electrons. The van der Waals surface area contributed by atoms with E-state index in [1.54, 1.807) is 4.68 Å². The molecule has 0 bridgehead atoms. The maximum Gasteiger partial charge on any atom is 0.130 e. The van der Waals surface area contributed by atoms with E-state index in [9.17, 15) is 0 Å². The molecule has 1 atom stereocenters. The summed E-state index contributed by atoms with van der Waals surface area (Å²) >= 11 is 12.1. The van der Waals surface area contributed by atoms with E-state index < -0.39 is 0 Å². The smallest absolute Gasteiger partial charge is 0.130 e. The van der Waals surface area contributed by atoms with E-state index in [1.807, 2.05) is 38.2 Å². The van der Waals surface area contributed by atoms with Crippen LogP contribution in [0.4, 0.5) is 0 Å². The second kappa shape index (κ2) is 5.95. The van der Waals surface area contributed by atoms with Crippen molar-refractivity contribution < 1.29 is 0 Å². The number of hydrogen-bond donors (Lipinski definition) is 1. The second-order valence-electron chi connectivity index (χ2n) is 4.77. The van der Waals surface area contributed by atoms with Gasteiger partial charge in [0.2, 0.25) is 0 Å². The molecule has 0 spiro atoms. The van der Waals surface area contributed by atoms with Crippen molar-refractivity contribution in [3.63, 3.8) is 0 Å². The van der Waals surface area contributed by atoms with Crippen molar-refractivity contribution >= 4 is 23.2 Å². The van der Waals surface area contributed by atoms with E-state index in [2.05, 4.69) is 5.10 Å². The SMILES string of the molecule is Cc1nn(C)c(Cl)c1CC(N)Cc1ccc(Cl)cc1. The molecule has 3 nitrogen and oxygen atoms in total. The molecule has 0 aliphatic heterocycles. The van der Waals surface area contributed by atoms with E-state index in [4.69, 9.17) is 28.9 Å². The Hall–Kier alpha value is -1.03. The number of rotatable bonds is 4. The Morgan fingerprint density at radius 1 is 1.21 bits per heavy atom. The van der Waals surface area contributed by atoms with Gasteiger partial charge in [-0.2, -0.15) is 5.10 Å². The van der Waals surface area contributed by atoms with Crippen molar-refractivity contribution in [2.75, 3.05) is 0 Å². The second-order valence-corrected chi connectivity index (χ2v) is 5.57. The highest BCUT2D eigenvalue weighted by Crippen LogP contribution is 2.21. The minimum atomic E-state index is 0.0153. The molecule has 1 aromatic carbocycles. The Bertz CT molecular complexity index is 561. The summed E-state index contributed by atoms with van der Waals surface area (Å²) in [5.74, 6) is 0. The maximum absolute atomic E-state index is 6.21. The van der Waals surface area contributed by atoms with E-state index >= 15 is 0 Å². The predicted octanol–water partition coefficient (Wildman–Crippen LogP) is 3.15. The minimum Gasteiger partial charge on any atom is -0.327 e. The van der Waals surface area contributed by atoms with Gasteiger partial charge in [-0.05, 0) is 37.5 Å². The summed E-state index contributed by atoms with van der Waals surface area (Å²) in [7, 11) is 1.84. The molecule has 1 heterocycles. The molecule has 0 saturated heterocycles. The van der Waals surface area contributed by atoms with Crippen molar-refractivity contribution in [2.24, 2.45) is 12.8 Å². The quantitative estimate of drug-likeness (QED) is 0.942. The van der Waals surface area contributed by atoms with Crippen molar-refractivity contribution in [1.82, 2.24) is 9.78 Å². The minimum absolute atomic E-state index is 0.0153. The number of aryl methyl sites for hydroxylation is 2. The molecule has 0 aliphatic rings. The van der Waals surface area contributed by atoms with Gasteiger partial charge in [0, 0.05) is 23.7 Å². The third-order valence-corrected chi connectivity index (χ3v) is 3.87. The molecule has 1 unspecified atom stereocenters. The Morgan fingerprint density at radius 2 is 1.84 bits per heavy atom. The number of hydrogen-bond acceptors (Lipinski definition) is 2. The molecular weight excluding hydrogens is 281 g/mol. The van der Waals surface area contributed by atoms with Gasteiger partial charge in [0.25, 0.3) is 0 Å². The maximum atomic E-state index is 6.21. The summed E-state index contributed by atoms with van der Waals surface area (Å²) < 4.78 is 1.68. The van der Waals surface area contributed by atoms with Gasteiger partial charge in [0.05, 0.1) is 5.69 Å². The van der Waals surface area contributed by atoms with Crippen LogP contribution in [0.25, 0.3) is 0 Å². The Labute approximate surface area is 123 Å². The standard InChI is InChI=1S/C14H17Cl2N3/c1-9-13(14(16)19(2)18-9)8-12(17)7-10-3-5-11(15)6-4-10/h3-6,12H,7-8,17H2,1-2H3. The lowest BCUT2D eigenvalue weighted by Crippen LogP contribution is -2.25. The van der Waals surface area contributed by atoms with Gasteiger partial charge in [-0.25, -0.2) is 0 Å². The molecule has 0 fully saturated rings. The molecule has 5 heteroatoms. The van der Waals surface area contributed by atoms with E-state index in [0.29, 0.717) is 5.15 Å². The number of aromatic nitrogens is 2. The van der Waals surface area contributed by atoms with Crippen molar-refractivity contribution in [2.45, 2.75) is 25.8 Å². The lowest BCUT2D eigenvalue weighted by Gasteiger charge is -2.11. The fourth-order valence-electron chi connectivity index (χ4n) is 2.16. The molecule has 102 valence electrons. The van der Waals surface area contributed by atoms with Crippen LogP contribution in [0.15, 0.2) is 24.3 Å². The van der Waals surface area contributed by atoms with Gasteiger partial charge in [-0.15, -0.1) is 0 Å². The Balaban J connectivity index is 2.05. The highest BCUT2D eigenvalue weighted by Gasteiger charge is 2.15. The summed E-state index contributed by atoms with van der Waals surface area (Å²) in [6.07, 6.45) is 1.52. The average Bonchev–Trinajstić information content (AvgIpc) is 2.59. The Morgan fingerprint density at radius 3 is 2.37 bits per heavy atom. The van der Waals surface area contributed by atoms with Gasteiger partial charge in [-0.3, -0.25) is 4.68 Å². The lowest BCUT2D eigenvalue weighted by atomic mass is 10.0.